The Bertz CT molecular complexity index is 445. The zero-order valence-corrected chi connectivity index (χ0v) is 6.50. The van der Waals surface area contributed by atoms with Crippen molar-refractivity contribution in [2.24, 2.45) is 0 Å². The zero-order chi connectivity index (χ0) is 9.35. The Labute approximate surface area is 67.2 Å². The average molecular weight is 191 g/mol. The Morgan fingerprint density at radius 2 is 2.00 bits per heavy atom. The molecule has 1 rings (SSSR count). The third-order valence-corrected chi connectivity index (χ3v) is 2.06. The lowest BCUT2D eigenvalue weighted by Crippen LogP contribution is -2.09. The van der Waals surface area contributed by atoms with Crippen LogP contribution in [-0.4, -0.2) is 23.1 Å². The summed E-state index contributed by atoms with van der Waals surface area (Å²) in [5, 5.41) is 8.85. The van der Waals surface area contributed by atoms with Crippen molar-refractivity contribution in [3.8, 4) is 5.75 Å². The third kappa shape index (κ3) is 1.46. The van der Waals surface area contributed by atoms with Crippen molar-refractivity contribution >= 4 is 10.1 Å². The van der Waals surface area contributed by atoms with Crippen molar-refractivity contribution in [2.75, 3.05) is 0 Å². The van der Waals surface area contributed by atoms with E-state index in [0.29, 0.717) is 0 Å². The minimum absolute atomic E-state index is 0.800. The van der Waals surface area contributed by atoms with Gasteiger partial charge in [0.25, 0.3) is 15.7 Å². The fourth-order valence-electron chi connectivity index (χ4n) is 0.660. The number of pyridine rings is 1. The number of aromatic amines is 1. The summed E-state index contributed by atoms with van der Waals surface area (Å²) >= 11 is 0. The van der Waals surface area contributed by atoms with Crippen LogP contribution in [0.3, 0.4) is 0 Å². The molecule has 6 nitrogen and oxygen atoms in total. The van der Waals surface area contributed by atoms with E-state index in [2.05, 4.69) is 0 Å². The fraction of sp³-hybridized carbons (Fsp3) is 0. The first-order valence-electron chi connectivity index (χ1n) is 2.81. The van der Waals surface area contributed by atoms with E-state index in [1.165, 1.54) is 0 Å². The van der Waals surface area contributed by atoms with E-state index in [4.69, 9.17) is 9.66 Å². The molecule has 0 amide bonds. The summed E-state index contributed by atoms with van der Waals surface area (Å²) in [5.74, 6) is -1.01. The Balaban J connectivity index is 3.58. The first-order valence-corrected chi connectivity index (χ1v) is 4.25. The third-order valence-electron chi connectivity index (χ3n) is 1.18. The van der Waals surface area contributed by atoms with Crippen molar-refractivity contribution < 1.29 is 18.1 Å². The predicted octanol–water partition coefficient (Wildman–Crippen LogP) is -0.673. The zero-order valence-electron chi connectivity index (χ0n) is 5.68. The maximum Gasteiger partial charge on any atom is 0.298 e. The standard InChI is InChI=1S/C5H5NO5S/c7-4-3(12(9,10)11)1-2-6-5(4)8/h1-2,7H,(H,6,8)(H,9,10,11). The molecule has 0 fully saturated rings. The van der Waals surface area contributed by atoms with Crippen LogP contribution in [-0.2, 0) is 10.1 Å². The Morgan fingerprint density at radius 3 is 2.42 bits per heavy atom. The van der Waals surface area contributed by atoms with Crippen LogP contribution in [0.15, 0.2) is 22.0 Å². The molecular formula is C5H5NO5S. The van der Waals surface area contributed by atoms with Gasteiger partial charge in [-0.2, -0.15) is 8.42 Å². The van der Waals surface area contributed by atoms with Gasteiger partial charge in [-0.3, -0.25) is 9.35 Å². The number of nitrogens with one attached hydrogen (secondary N) is 1. The van der Waals surface area contributed by atoms with Crippen molar-refractivity contribution in [1.29, 1.82) is 0 Å². The van der Waals surface area contributed by atoms with Crippen LogP contribution in [0.4, 0.5) is 0 Å². The van der Waals surface area contributed by atoms with Gasteiger partial charge in [-0.25, -0.2) is 0 Å². The van der Waals surface area contributed by atoms with Gasteiger partial charge >= 0.3 is 0 Å². The summed E-state index contributed by atoms with van der Waals surface area (Å²) in [6.07, 6.45) is 1.01. The van der Waals surface area contributed by atoms with Crippen LogP contribution in [0.2, 0.25) is 0 Å². The molecule has 0 aliphatic carbocycles. The van der Waals surface area contributed by atoms with E-state index < -0.39 is 26.3 Å². The van der Waals surface area contributed by atoms with Crippen LogP contribution >= 0.6 is 0 Å². The van der Waals surface area contributed by atoms with Gasteiger partial charge < -0.3 is 10.1 Å². The fourth-order valence-corrected chi connectivity index (χ4v) is 1.24. The van der Waals surface area contributed by atoms with Crippen LogP contribution in [0.1, 0.15) is 0 Å². The van der Waals surface area contributed by atoms with Gasteiger partial charge in [0.05, 0.1) is 0 Å². The molecule has 0 aromatic carbocycles. The van der Waals surface area contributed by atoms with Crippen molar-refractivity contribution in [3.05, 3.63) is 22.6 Å². The second-order valence-electron chi connectivity index (χ2n) is 1.99. The lowest BCUT2D eigenvalue weighted by atomic mass is 10.4. The van der Waals surface area contributed by atoms with Gasteiger partial charge in [0.15, 0.2) is 0 Å². The molecule has 1 heterocycles. The normalized spacial score (nSPS) is 11.4. The highest BCUT2D eigenvalue weighted by Gasteiger charge is 2.16. The van der Waals surface area contributed by atoms with Gasteiger partial charge in [0.2, 0.25) is 5.75 Å². The summed E-state index contributed by atoms with van der Waals surface area (Å²) in [5.41, 5.74) is -0.967. The van der Waals surface area contributed by atoms with E-state index in [-0.39, 0.29) is 0 Å². The Kier molecular flexibility index (Phi) is 1.90. The molecule has 0 atom stereocenters. The average Bonchev–Trinajstić information content (AvgIpc) is 1.92. The molecule has 3 N–H and O–H groups in total. The molecule has 12 heavy (non-hydrogen) atoms. The smallest absolute Gasteiger partial charge is 0.298 e. The molecule has 0 spiro atoms. The van der Waals surface area contributed by atoms with Crippen LogP contribution in [0.5, 0.6) is 5.75 Å². The maximum atomic E-state index is 10.6. The second kappa shape index (κ2) is 2.61. The molecule has 7 heteroatoms. The summed E-state index contributed by atoms with van der Waals surface area (Å²) in [6, 6.07) is 0.881. The van der Waals surface area contributed by atoms with Crippen LogP contribution in [0.25, 0.3) is 0 Å². The maximum absolute atomic E-state index is 10.6. The SMILES string of the molecule is O=c1[nH]ccc(S(=O)(=O)O)c1O. The Morgan fingerprint density at radius 1 is 1.42 bits per heavy atom. The lowest BCUT2D eigenvalue weighted by Gasteiger charge is -1.97. The molecule has 1 aromatic rings. The number of H-pyrrole nitrogens is 1. The molecule has 0 radical (unpaired) electrons. The number of aromatic hydroxyl groups is 1. The molecule has 66 valence electrons. The quantitative estimate of drug-likeness (QED) is 0.510. The highest BCUT2D eigenvalue weighted by Crippen LogP contribution is 2.15. The van der Waals surface area contributed by atoms with Gasteiger partial charge in [0, 0.05) is 6.20 Å². The van der Waals surface area contributed by atoms with E-state index in [0.717, 1.165) is 12.3 Å². The summed E-state index contributed by atoms with van der Waals surface area (Å²) < 4.78 is 29.4. The largest absolute Gasteiger partial charge is 0.502 e. The van der Waals surface area contributed by atoms with Crippen molar-refractivity contribution in [3.63, 3.8) is 0 Å². The molecule has 0 aliphatic heterocycles. The molecule has 1 aromatic heterocycles. The van der Waals surface area contributed by atoms with Crippen molar-refractivity contribution in [1.82, 2.24) is 4.98 Å². The summed E-state index contributed by atoms with van der Waals surface area (Å²) in [6.45, 7) is 0. The number of aromatic nitrogens is 1. The van der Waals surface area contributed by atoms with E-state index in [1.54, 1.807) is 0 Å². The molecular weight excluding hydrogens is 186 g/mol. The van der Waals surface area contributed by atoms with Crippen LogP contribution < -0.4 is 5.56 Å². The van der Waals surface area contributed by atoms with E-state index in [9.17, 15) is 13.2 Å². The predicted molar refractivity (Wildman–Crippen MR) is 38.5 cm³/mol. The molecule has 0 aliphatic rings. The highest BCUT2D eigenvalue weighted by molar-refractivity contribution is 7.86. The molecule has 0 saturated heterocycles. The molecule has 0 saturated carbocycles. The van der Waals surface area contributed by atoms with Gasteiger partial charge in [-0.15, -0.1) is 0 Å². The minimum Gasteiger partial charge on any atom is -0.502 e. The topological polar surface area (TPSA) is 107 Å². The highest BCUT2D eigenvalue weighted by atomic mass is 32.2. The molecule has 0 unspecified atom stereocenters. The van der Waals surface area contributed by atoms with Gasteiger partial charge in [0.1, 0.15) is 4.90 Å². The van der Waals surface area contributed by atoms with Crippen LogP contribution in [0, 0.1) is 0 Å². The summed E-state index contributed by atoms with van der Waals surface area (Å²) in [7, 11) is -4.53. The van der Waals surface area contributed by atoms with E-state index >= 15 is 0 Å². The second-order valence-corrected chi connectivity index (χ2v) is 3.38. The summed E-state index contributed by atoms with van der Waals surface area (Å²) in [4.78, 5) is 11.8. The van der Waals surface area contributed by atoms with Gasteiger partial charge in [-0.1, -0.05) is 0 Å². The molecule has 0 bridgehead atoms. The Hall–Kier alpha value is -1.34. The number of hydrogen-bond acceptors (Lipinski definition) is 4. The van der Waals surface area contributed by atoms with Gasteiger partial charge in [-0.05, 0) is 6.07 Å². The first-order chi connectivity index (χ1) is 5.43. The monoisotopic (exact) mass is 191 g/mol. The minimum atomic E-state index is -4.53. The van der Waals surface area contributed by atoms with Crippen molar-refractivity contribution in [2.45, 2.75) is 4.90 Å². The number of rotatable bonds is 1. The lowest BCUT2D eigenvalue weighted by molar-refractivity contribution is 0.436. The first kappa shape index (κ1) is 8.75. The van der Waals surface area contributed by atoms with E-state index in [1.807, 2.05) is 4.98 Å². The number of hydrogen-bond donors (Lipinski definition) is 3.